The van der Waals surface area contributed by atoms with E-state index in [2.05, 4.69) is 0 Å². The second-order valence-corrected chi connectivity index (χ2v) is 13.1. The molecular formula is C60H40N2. The molecule has 2 heteroatoms. The largest absolute Gasteiger partial charge is 0.309 e. The van der Waals surface area contributed by atoms with Crippen LogP contribution in [0.1, 0.15) is 53.5 Å². The number of para-hydroxylation sites is 2. The Labute approximate surface area is 415 Å². The summed E-state index contributed by atoms with van der Waals surface area (Å²) in [5.74, 6) is 0. The first-order valence-electron chi connectivity index (χ1n) is 37.7. The standard InChI is InChI=1S/C60H40N2/c1-3-15-41(16-4-1)49-19-7-9-21-51(49)43-27-33-47(34-28-43)61-57-25-13-11-23-53(57)55-39-45(31-37-59(55)61)46-32-38-60-56(40-46)54-24-12-14-26-58(54)62(60)48-35-29-44(30-36-48)52-22-10-8-20-50(52)42-17-5-2-6-18-42/h1-40H/i1D,2D,3D,4D,5D,6D,7D,8D,9D,10D,11D,12D,13D,15D,16D,17D,18D,19D,20D,21D,22D,23D,24D,25D,26D,27D,28D,29D,30D,31D,32D,33D,34D,35D,36D,37D,38D,39D,40D. The van der Waals surface area contributed by atoms with Gasteiger partial charge in [0.15, 0.2) is 0 Å². The molecule has 2 heterocycles. The highest BCUT2D eigenvalue weighted by Crippen LogP contribution is 2.40. The van der Waals surface area contributed by atoms with Crippen LogP contribution in [0.5, 0.6) is 0 Å². The molecule has 2 nitrogen and oxygen atoms in total. The third-order valence-corrected chi connectivity index (χ3v) is 9.66. The molecule has 0 bridgehead atoms. The van der Waals surface area contributed by atoms with Crippen LogP contribution in [0.25, 0.3) is 111 Å². The minimum atomic E-state index is -1.20. The highest BCUT2D eigenvalue weighted by atomic mass is 15.0. The summed E-state index contributed by atoms with van der Waals surface area (Å²) in [5.41, 5.74) is -13.8. The quantitative estimate of drug-likeness (QED) is 0.151. The summed E-state index contributed by atoms with van der Waals surface area (Å²) in [6, 6.07) is -39.6. The fraction of sp³-hybridized carbons (Fsp3) is 0. The number of nitrogens with zero attached hydrogens (tertiary/aromatic N) is 2. The second-order valence-electron chi connectivity index (χ2n) is 13.1. The Hall–Kier alpha value is -8.20. The predicted octanol–water partition coefficient (Wildman–Crippen LogP) is 16.2. The van der Waals surface area contributed by atoms with Crippen LogP contribution in [0.15, 0.2) is 242 Å². The summed E-state index contributed by atoms with van der Waals surface area (Å²) in [6.07, 6.45) is 0. The van der Waals surface area contributed by atoms with Crippen molar-refractivity contribution in [3.8, 4) is 67.0 Å². The minimum absolute atomic E-state index is 0.604. The van der Waals surface area contributed by atoms with Crippen molar-refractivity contribution in [1.29, 1.82) is 0 Å². The summed E-state index contributed by atoms with van der Waals surface area (Å²) in [6.45, 7) is 0. The molecule has 0 radical (unpaired) electrons. The van der Waals surface area contributed by atoms with Gasteiger partial charge in [-0.3, -0.25) is 0 Å². The third kappa shape index (κ3) is 5.96. The summed E-state index contributed by atoms with van der Waals surface area (Å²) < 4.78 is 356. The zero-order valence-corrected chi connectivity index (χ0v) is 31.0. The van der Waals surface area contributed by atoms with Crippen LogP contribution in [0.4, 0.5) is 0 Å². The van der Waals surface area contributed by atoms with Gasteiger partial charge >= 0.3 is 0 Å². The van der Waals surface area contributed by atoms with Gasteiger partial charge in [0.2, 0.25) is 0 Å². The Bertz CT molecular complexity index is 5830. The van der Waals surface area contributed by atoms with Crippen LogP contribution in [0.3, 0.4) is 0 Å². The molecule has 0 spiro atoms. The van der Waals surface area contributed by atoms with E-state index in [1.54, 1.807) is 0 Å². The third-order valence-electron chi connectivity index (χ3n) is 9.66. The number of rotatable bonds is 7. The van der Waals surface area contributed by atoms with E-state index in [1.807, 2.05) is 0 Å². The number of benzene rings is 10. The summed E-state index contributed by atoms with van der Waals surface area (Å²) in [5, 5.41) is -2.82. The van der Waals surface area contributed by atoms with Crippen molar-refractivity contribution >= 4 is 43.6 Å². The molecule has 0 fully saturated rings. The molecule has 12 rings (SSSR count). The maximum Gasteiger partial charge on any atom is 0.0645 e. The Kier molecular flexibility index (Phi) is 3.33. The Morgan fingerprint density at radius 3 is 1.05 bits per heavy atom. The van der Waals surface area contributed by atoms with Crippen LogP contribution < -0.4 is 0 Å². The van der Waals surface area contributed by atoms with Crippen molar-refractivity contribution in [3.63, 3.8) is 0 Å². The second kappa shape index (κ2) is 14.8. The molecule has 290 valence electrons. The molecule has 0 N–H and O–H groups in total. The van der Waals surface area contributed by atoms with E-state index >= 15 is 0 Å². The SMILES string of the molecule is [2H]c1cc([2H])c2c(c1[2H])c1c([2H])c(-c3c([2H])c([2H])c4c(c3[2H])c3c([2H])c([2H])c([2H])c([2H])c3n4-c3c([2H])c([2H])c(-c4c([2H])c([2H])c([2H])c([2H])c4-c4c([2H])c([2H])c([2H])c([2H])c4[2H])c([2H])c3[2H])c([2H])c([2H])c1n2-c1c([2H])c([2H])c(-c2c([2H])c([2H])c([2H])c([2H])c2-c2c([2H])c([2H])c([2H])c([2H])c2[2H])c([2H])c1[2H]. The number of hydrogen-bond donors (Lipinski definition) is 0. The first-order chi connectivity index (χ1) is 47.0. The van der Waals surface area contributed by atoms with Crippen molar-refractivity contribution in [2.75, 3.05) is 0 Å². The van der Waals surface area contributed by atoms with Gasteiger partial charge in [0, 0.05) is 32.9 Å². The molecule has 0 aliphatic rings. The number of hydrogen-bond acceptors (Lipinski definition) is 0. The molecular weight excluding hydrogens is 749 g/mol. The molecule has 0 unspecified atom stereocenters. The van der Waals surface area contributed by atoms with E-state index in [0.717, 1.165) is 6.07 Å². The van der Waals surface area contributed by atoms with Gasteiger partial charge in [-0.2, -0.15) is 0 Å². The molecule has 0 atom stereocenters. The van der Waals surface area contributed by atoms with Crippen molar-refractivity contribution in [1.82, 2.24) is 9.13 Å². The van der Waals surface area contributed by atoms with Crippen LogP contribution >= 0.6 is 0 Å². The summed E-state index contributed by atoms with van der Waals surface area (Å²) in [4.78, 5) is 0. The number of fused-ring (bicyclic) bond motifs is 6. The minimum Gasteiger partial charge on any atom is -0.309 e. The monoisotopic (exact) mass is 828 g/mol. The van der Waals surface area contributed by atoms with Crippen molar-refractivity contribution < 1.29 is 53.5 Å². The van der Waals surface area contributed by atoms with Gasteiger partial charge in [-0.15, -0.1) is 0 Å². The number of aromatic nitrogens is 2. The average Bonchev–Trinajstić information content (AvgIpc) is 1.57. The van der Waals surface area contributed by atoms with Gasteiger partial charge in [0.1, 0.15) is 0 Å². The van der Waals surface area contributed by atoms with Crippen LogP contribution in [0.2, 0.25) is 0 Å². The smallest absolute Gasteiger partial charge is 0.0645 e. The van der Waals surface area contributed by atoms with Gasteiger partial charge < -0.3 is 9.13 Å². The normalized spacial score (nSPS) is 20.4. The van der Waals surface area contributed by atoms with Gasteiger partial charge in [0.05, 0.1) is 75.5 Å². The lowest BCUT2D eigenvalue weighted by atomic mass is 9.94. The first-order valence-corrected chi connectivity index (χ1v) is 18.2. The van der Waals surface area contributed by atoms with E-state index < -0.39 is 346 Å². The lowest BCUT2D eigenvalue weighted by molar-refractivity contribution is 1.18. The Morgan fingerprint density at radius 2 is 0.581 bits per heavy atom. The van der Waals surface area contributed by atoms with E-state index in [1.165, 1.54) is 0 Å². The summed E-state index contributed by atoms with van der Waals surface area (Å²) >= 11 is 0. The Balaban J connectivity index is 1.17. The summed E-state index contributed by atoms with van der Waals surface area (Å²) in [7, 11) is 0. The van der Waals surface area contributed by atoms with Gasteiger partial charge in [-0.05, 0) is 116 Å². The average molecular weight is 828 g/mol. The zero-order chi connectivity index (χ0) is 74.9. The molecule has 0 aliphatic heterocycles. The molecule has 0 aliphatic carbocycles. The molecule has 0 saturated heterocycles. The van der Waals surface area contributed by atoms with Crippen molar-refractivity contribution in [2.45, 2.75) is 0 Å². The van der Waals surface area contributed by atoms with Crippen molar-refractivity contribution in [2.24, 2.45) is 0 Å². The van der Waals surface area contributed by atoms with Gasteiger partial charge in [-0.25, -0.2) is 0 Å². The topological polar surface area (TPSA) is 9.86 Å². The lowest BCUT2D eigenvalue weighted by Gasteiger charge is -2.13. The fourth-order valence-corrected chi connectivity index (χ4v) is 6.98. The van der Waals surface area contributed by atoms with E-state index in [4.69, 9.17) is 28.8 Å². The highest BCUT2D eigenvalue weighted by molar-refractivity contribution is 6.12. The zero-order valence-electron chi connectivity index (χ0n) is 70.0. The predicted molar refractivity (Wildman–Crippen MR) is 262 cm³/mol. The van der Waals surface area contributed by atoms with E-state index in [-0.39, 0.29) is 0 Å². The molecule has 10 aromatic carbocycles. The maximum atomic E-state index is 10.0. The van der Waals surface area contributed by atoms with Crippen LogP contribution in [-0.4, -0.2) is 9.13 Å². The van der Waals surface area contributed by atoms with E-state index in [9.17, 15) is 24.7 Å². The molecule has 0 amide bonds. The first kappa shape index (κ1) is 13.9. The fourth-order valence-electron chi connectivity index (χ4n) is 6.98. The van der Waals surface area contributed by atoms with E-state index in [0.29, 0.717) is 9.13 Å². The molecule has 0 saturated carbocycles. The van der Waals surface area contributed by atoms with Crippen molar-refractivity contribution in [3.05, 3.63) is 242 Å². The maximum absolute atomic E-state index is 10.0. The van der Waals surface area contributed by atoms with Crippen LogP contribution in [0, 0.1) is 0 Å². The highest BCUT2D eigenvalue weighted by Gasteiger charge is 2.17. The Morgan fingerprint density at radius 1 is 0.242 bits per heavy atom. The molecule has 2 aromatic heterocycles. The molecule has 62 heavy (non-hydrogen) atoms. The van der Waals surface area contributed by atoms with Gasteiger partial charge in [-0.1, -0.05) is 181 Å². The van der Waals surface area contributed by atoms with Gasteiger partial charge in [0.25, 0.3) is 0 Å². The van der Waals surface area contributed by atoms with Crippen LogP contribution in [-0.2, 0) is 0 Å². The molecule has 12 aromatic rings. The lowest BCUT2D eigenvalue weighted by Crippen LogP contribution is -1.94.